The molecule has 1 aromatic carbocycles. The zero-order valence-corrected chi connectivity index (χ0v) is 14.7. The fourth-order valence-corrected chi connectivity index (χ4v) is 2.88. The van der Waals surface area contributed by atoms with Crippen LogP contribution >= 0.6 is 0 Å². The van der Waals surface area contributed by atoms with Gasteiger partial charge in [-0.2, -0.15) is 5.10 Å². The third-order valence-corrected chi connectivity index (χ3v) is 4.35. The van der Waals surface area contributed by atoms with Crippen molar-refractivity contribution in [2.24, 2.45) is 0 Å². The minimum absolute atomic E-state index is 0.175. The van der Waals surface area contributed by atoms with Gasteiger partial charge < -0.3 is 15.0 Å². The second-order valence-electron chi connectivity index (χ2n) is 6.09. The molecule has 0 unspecified atom stereocenters. The summed E-state index contributed by atoms with van der Waals surface area (Å²) in [6, 6.07) is 5.79. The number of nitrogens with zero attached hydrogens (tertiary/aromatic N) is 4. The highest BCUT2D eigenvalue weighted by molar-refractivity contribution is 5.74. The first-order chi connectivity index (χ1) is 12.6. The van der Waals surface area contributed by atoms with E-state index >= 15 is 0 Å². The molecule has 1 aliphatic rings. The molecule has 1 aromatic heterocycles. The molecular formula is C17H22FN5O3. The minimum Gasteiger partial charge on any atom is -0.383 e. The molecule has 0 atom stereocenters. The Hall–Kier alpha value is -2.68. The third-order valence-electron chi connectivity index (χ3n) is 4.35. The van der Waals surface area contributed by atoms with Crippen molar-refractivity contribution in [2.45, 2.75) is 26.1 Å². The molecule has 26 heavy (non-hydrogen) atoms. The molecule has 0 spiro atoms. The molecular weight excluding hydrogens is 341 g/mol. The lowest BCUT2D eigenvalue weighted by Crippen LogP contribution is -2.41. The normalized spacial score (nSPS) is 14.0. The van der Waals surface area contributed by atoms with Crippen molar-refractivity contribution in [3.63, 3.8) is 0 Å². The monoisotopic (exact) mass is 363 g/mol. The number of amides is 2. The maximum absolute atomic E-state index is 12.9. The van der Waals surface area contributed by atoms with Crippen molar-refractivity contribution < 1.29 is 13.9 Å². The number of nitrogens with one attached hydrogen (secondary N) is 1. The Labute approximate surface area is 150 Å². The summed E-state index contributed by atoms with van der Waals surface area (Å²) in [5.74, 6) is 0.373. The number of carbonyl (C=O) groups excluding carboxylic acids is 1. The van der Waals surface area contributed by atoms with Crippen molar-refractivity contribution in [2.75, 3.05) is 26.8 Å². The number of carbonyl (C=O) groups is 1. The van der Waals surface area contributed by atoms with Gasteiger partial charge in [0.15, 0.2) is 0 Å². The van der Waals surface area contributed by atoms with Crippen LogP contribution in [0.1, 0.15) is 11.4 Å². The van der Waals surface area contributed by atoms with Crippen LogP contribution in [-0.4, -0.2) is 52.1 Å². The molecule has 1 N–H and O–H groups in total. The molecule has 2 aromatic rings. The second kappa shape index (κ2) is 8.13. The highest BCUT2D eigenvalue weighted by Crippen LogP contribution is 2.06. The van der Waals surface area contributed by atoms with Crippen LogP contribution < -0.4 is 11.0 Å². The highest BCUT2D eigenvalue weighted by atomic mass is 19.1. The van der Waals surface area contributed by atoms with Gasteiger partial charge in [-0.3, -0.25) is 4.57 Å². The average Bonchev–Trinajstić information content (AvgIpc) is 2.81. The number of urea groups is 1. The molecule has 0 bridgehead atoms. The number of halogens is 1. The molecule has 3 rings (SSSR count). The first-order valence-electron chi connectivity index (χ1n) is 8.51. The summed E-state index contributed by atoms with van der Waals surface area (Å²) in [4.78, 5) is 26.4. The van der Waals surface area contributed by atoms with Crippen molar-refractivity contribution in [1.82, 2.24) is 24.6 Å². The van der Waals surface area contributed by atoms with Crippen molar-refractivity contribution in [3.8, 4) is 0 Å². The maximum atomic E-state index is 12.9. The topological polar surface area (TPSA) is 81.4 Å². The summed E-state index contributed by atoms with van der Waals surface area (Å²) >= 11 is 0. The highest BCUT2D eigenvalue weighted by Gasteiger charge is 2.22. The van der Waals surface area contributed by atoms with Gasteiger partial charge >= 0.3 is 11.7 Å². The molecule has 0 aliphatic carbocycles. The van der Waals surface area contributed by atoms with E-state index in [4.69, 9.17) is 4.74 Å². The lowest BCUT2D eigenvalue weighted by Gasteiger charge is -2.20. The summed E-state index contributed by atoms with van der Waals surface area (Å²) in [5.41, 5.74) is 0.647. The molecule has 0 saturated carbocycles. The first-order valence-corrected chi connectivity index (χ1v) is 8.51. The molecule has 140 valence electrons. The third kappa shape index (κ3) is 4.10. The Morgan fingerprint density at radius 1 is 1.27 bits per heavy atom. The Kier molecular flexibility index (Phi) is 5.67. The zero-order chi connectivity index (χ0) is 18.5. The first kappa shape index (κ1) is 18.1. The lowest BCUT2D eigenvalue weighted by molar-refractivity contribution is 0.181. The molecule has 8 nitrogen and oxygen atoms in total. The van der Waals surface area contributed by atoms with Gasteiger partial charge in [-0.1, -0.05) is 12.1 Å². The Bertz CT molecular complexity index is 815. The molecule has 1 aliphatic heterocycles. The molecule has 2 amide bonds. The lowest BCUT2D eigenvalue weighted by atomic mass is 10.2. The van der Waals surface area contributed by atoms with Crippen LogP contribution in [0.4, 0.5) is 9.18 Å². The van der Waals surface area contributed by atoms with Crippen LogP contribution in [0.5, 0.6) is 0 Å². The maximum Gasteiger partial charge on any atom is 0.346 e. The van der Waals surface area contributed by atoms with Crippen LogP contribution in [0.15, 0.2) is 29.1 Å². The van der Waals surface area contributed by atoms with Gasteiger partial charge in [-0.05, 0) is 17.7 Å². The number of benzene rings is 1. The predicted molar refractivity (Wildman–Crippen MR) is 92.3 cm³/mol. The van der Waals surface area contributed by atoms with Crippen LogP contribution in [0.2, 0.25) is 0 Å². The van der Waals surface area contributed by atoms with E-state index in [1.807, 2.05) is 0 Å². The van der Waals surface area contributed by atoms with E-state index in [1.54, 1.807) is 28.7 Å². The largest absolute Gasteiger partial charge is 0.383 e. The Balaban J connectivity index is 1.57. The van der Waals surface area contributed by atoms with Crippen LogP contribution in [0, 0.1) is 5.82 Å². The fraction of sp³-hybridized carbons (Fsp3) is 0.471. The summed E-state index contributed by atoms with van der Waals surface area (Å²) in [5, 5.41) is 7.16. The number of aromatic nitrogens is 3. The van der Waals surface area contributed by atoms with Gasteiger partial charge in [-0.25, -0.2) is 18.7 Å². The molecule has 0 radical (unpaired) electrons. The average molecular weight is 363 g/mol. The Morgan fingerprint density at radius 3 is 2.77 bits per heavy atom. The van der Waals surface area contributed by atoms with E-state index < -0.39 is 0 Å². The van der Waals surface area contributed by atoms with E-state index in [0.29, 0.717) is 51.6 Å². The van der Waals surface area contributed by atoms with Crippen molar-refractivity contribution >= 4 is 6.03 Å². The minimum atomic E-state index is -0.307. The van der Waals surface area contributed by atoms with Crippen LogP contribution in [-0.2, 0) is 30.8 Å². The SMILES string of the molecule is COCCn1nc2n(c1=O)CCN(C(=O)NCc1ccc(F)cc1)CC2. The van der Waals surface area contributed by atoms with Gasteiger partial charge in [0.1, 0.15) is 11.6 Å². The van der Waals surface area contributed by atoms with Crippen LogP contribution in [0.3, 0.4) is 0 Å². The summed E-state index contributed by atoms with van der Waals surface area (Å²) in [6.07, 6.45) is 0.513. The van der Waals surface area contributed by atoms with Crippen molar-refractivity contribution in [1.29, 1.82) is 0 Å². The zero-order valence-electron chi connectivity index (χ0n) is 14.7. The molecule has 0 fully saturated rings. The Morgan fingerprint density at radius 2 is 2.04 bits per heavy atom. The number of ether oxygens (including phenoxy) is 1. The number of hydrogen-bond acceptors (Lipinski definition) is 4. The van der Waals surface area contributed by atoms with Gasteiger partial charge in [0, 0.05) is 39.7 Å². The van der Waals surface area contributed by atoms with E-state index in [2.05, 4.69) is 10.4 Å². The van der Waals surface area contributed by atoms with Gasteiger partial charge in [0.2, 0.25) is 0 Å². The fourth-order valence-electron chi connectivity index (χ4n) is 2.88. The molecule has 9 heteroatoms. The number of hydrogen-bond donors (Lipinski definition) is 1. The molecule has 2 heterocycles. The van der Waals surface area contributed by atoms with Gasteiger partial charge in [0.05, 0.1) is 13.2 Å². The van der Waals surface area contributed by atoms with Gasteiger partial charge in [0.25, 0.3) is 0 Å². The molecule has 0 saturated heterocycles. The summed E-state index contributed by atoms with van der Waals surface area (Å²) in [6.45, 7) is 2.48. The van der Waals surface area contributed by atoms with Crippen LogP contribution in [0.25, 0.3) is 0 Å². The summed E-state index contributed by atoms with van der Waals surface area (Å²) < 4.78 is 20.9. The van der Waals surface area contributed by atoms with E-state index in [1.165, 1.54) is 16.8 Å². The second-order valence-corrected chi connectivity index (χ2v) is 6.09. The predicted octanol–water partition coefficient (Wildman–Crippen LogP) is 0.598. The number of rotatable bonds is 5. The van der Waals surface area contributed by atoms with Crippen molar-refractivity contribution in [3.05, 3.63) is 52.0 Å². The van der Waals surface area contributed by atoms with E-state index in [-0.39, 0.29) is 17.5 Å². The standard InChI is InChI=1S/C17H22FN5O3/c1-26-11-10-23-17(25)22-9-8-21(7-6-15(22)20-23)16(24)19-12-13-2-4-14(18)5-3-13/h2-5H,6-12H2,1H3,(H,19,24). The van der Waals surface area contributed by atoms with Gasteiger partial charge in [-0.15, -0.1) is 0 Å². The number of fused-ring (bicyclic) bond motifs is 1. The van der Waals surface area contributed by atoms with E-state index in [9.17, 15) is 14.0 Å². The smallest absolute Gasteiger partial charge is 0.346 e. The van der Waals surface area contributed by atoms with E-state index in [0.717, 1.165) is 5.56 Å². The summed E-state index contributed by atoms with van der Waals surface area (Å²) in [7, 11) is 1.58. The number of methoxy groups -OCH3 is 1. The quantitative estimate of drug-likeness (QED) is 0.843.